The molecule has 3 fully saturated rings. The molecule has 58 heavy (non-hydrogen) atoms. The minimum atomic E-state index is -0.988. The highest BCUT2D eigenvalue weighted by Crippen LogP contribution is 2.55. The lowest BCUT2D eigenvalue weighted by Gasteiger charge is -2.63. The Bertz CT molecular complexity index is 2140. The SMILES string of the molecule is CC1(C)C(NC(=O)c2ccc(N3CCN(CCCCCNc4cccc5c4C(=O)N(C4CCC(=O)NC4=O)C5=O)CC3)cc2)C(C)(C)C1Oc1ccc(C#N)c(Cl)c1. The fourth-order valence-electron chi connectivity index (χ4n) is 9.39. The average Bonchev–Trinajstić information content (AvgIpc) is 3.46. The minimum Gasteiger partial charge on any atom is -0.489 e. The van der Waals surface area contributed by atoms with E-state index >= 15 is 0 Å². The van der Waals surface area contributed by atoms with Gasteiger partial charge in [0, 0.05) is 79.0 Å². The van der Waals surface area contributed by atoms with Gasteiger partial charge in [0.05, 0.1) is 21.7 Å². The first-order valence-electron chi connectivity index (χ1n) is 20.0. The van der Waals surface area contributed by atoms with Crippen molar-refractivity contribution in [3.63, 3.8) is 0 Å². The van der Waals surface area contributed by atoms with Gasteiger partial charge in [-0.25, -0.2) is 0 Å². The van der Waals surface area contributed by atoms with E-state index in [-0.39, 0.29) is 52.9 Å². The molecule has 4 aliphatic rings. The highest BCUT2D eigenvalue weighted by molar-refractivity contribution is 6.31. The highest BCUT2D eigenvalue weighted by atomic mass is 35.5. The molecule has 3 aliphatic heterocycles. The van der Waals surface area contributed by atoms with Crippen molar-refractivity contribution < 1.29 is 28.7 Å². The van der Waals surface area contributed by atoms with Crippen molar-refractivity contribution in [3.8, 4) is 11.8 Å². The minimum absolute atomic E-state index is 0.0824. The lowest BCUT2D eigenvalue weighted by molar-refractivity contribution is -0.164. The van der Waals surface area contributed by atoms with Gasteiger partial charge in [0.1, 0.15) is 24.0 Å². The Morgan fingerprint density at radius 2 is 1.66 bits per heavy atom. The van der Waals surface area contributed by atoms with Crippen LogP contribution in [0.15, 0.2) is 60.7 Å². The van der Waals surface area contributed by atoms with Crippen LogP contribution < -0.4 is 25.6 Å². The summed E-state index contributed by atoms with van der Waals surface area (Å²) in [6.07, 6.45) is 2.94. The highest BCUT2D eigenvalue weighted by Gasteiger charge is 2.64. The second-order valence-electron chi connectivity index (χ2n) is 16.8. The van der Waals surface area contributed by atoms with E-state index in [1.54, 1.807) is 36.4 Å². The van der Waals surface area contributed by atoms with E-state index in [1.807, 2.05) is 24.3 Å². The summed E-state index contributed by atoms with van der Waals surface area (Å²) in [6.45, 7) is 13.7. The number of hydrogen-bond acceptors (Lipinski definition) is 10. The Kier molecular flexibility index (Phi) is 11.5. The number of nitrogens with one attached hydrogen (secondary N) is 3. The molecule has 1 aliphatic carbocycles. The molecule has 0 aromatic heterocycles. The van der Waals surface area contributed by atoms with Crippen molar-refractivity contribution in [2.75, 3.05) is 49.5 Å². The number of rotatable bonds is 13. The van der Waals surface area contributed by atoms with E-state index in [4.69, 9.17) is 16.3 Å². The molecule has 0 bridgehead atoms. The number of fused-ring (bicyclic) bond motifs is 1. The fourth-order valence-corrected chi connectivity index (χ4v) is 9.60. The van der Waals surface area contributed by atoms with Crippen LogP contribution in [-0.2, 0) is 9.59 Å². The number of hydrogen-bond donors (Lipinski definition) is 3. The zero-order valence-corrected chi connectivity index (χ0v) is 34.2. The summed E-state index contributed by atoms with van der Waals surface area (Å²) in [4.78, 5) is 69.8. The first kappa shape index (κ1) is 40.7. The number of ether oxygens (including phenoxy) is 1. The summed E-state index contributed by atoms with van der Waals surface area (Å²) in [7, 11) is 0. The van der Waals surface area contributed by atoms with Gasteiger partial charge in [0.25, 0.3) is 17.7 Å². The number of amides is 5. The predicted molar refractivity (Wildman–Crippen MR) is 220 cm³/mol. The number of unbranched alkanes of at least 4 members (excludes halogenated alkanes) is 2. The van der Waals surface area contributed by atoms with Gasteiger partial charge in [-0.2, -0.15) is 5.26 Å². The predicted octanol–water partition coefficient (Wildman–Crippen LogP) is 5.63. The van der Waals surface area contributed by atoms with Gasteiger partial charge in [-0.3, -0.25) is 39.1 Å². The van der Waals surface area contributed by atoms with Gasteiger partial charge in [0.2, 0.25) is 11.8 Å². The topological polar surface area (TPSA) is 164 Å². The average molecular weight is 808 g/mol. The summed E-state index contributed by atoms with van der Waals surface area (Å²) in [5, 5.41) is 18.4. The third-order valence-electron chi connectivity index (χ3n) is 12.2. The maximum atomic E-state index is 13.5. The number of nitrogens with zero attached hydrogens (tertiary/aromatic N) is 4. The Morgan fingerprint density at radius 3 is 2.33 bits per heavy atom. The van der Waals surface area contributed by atoms with Crippen LogP contribution in [0.2, 0.25) is 5.02 Å². The first-order valence-corrected chi connectivity index (χ1v) is 20.4. The number of imide groups is 2. The van der Waals surface area contributed by atoms with Gasteiger partial charge in [-0.15, -0.1) is 0 Å². The Hall–Kier alpha value is -5.45. The molecule has 3 heterocycles. The largest absolute Gasteiger partial charge is 0.489 e. The number of piperidine rings is 1. The Labute approximate surface area is 344 Å². The van der Waals surface area contributed by atoms with E-state index in [0.29, 0.717) is 34.1 Å². The second kappa shape index (κ2) is 16.4. The quantitative estimate of drug-likeness (QED) is 0.146. The van der Waals surface area contributed by atoms with Crippen molar-refractivity contribution in [3.05, 3.63) is 87.9 Å². The number of piperazine rings is 1. The summed E-state index contributed by atoms with van der Waals surface area (Å²) in [6, 6.07) is 19.0. The van der Waals surface area contributed by atoms with Gasteiger partial charge in [0.15, 0.2) is 0 Å². The molecule has 13 nitrogen and oxygen atoms in total. The molecule has 304 valence electrons. The number of benzene rings is 3. The molecular weight excluding hydrogens is 758 g/mol. The molecular formula is C44H50ClN7O6. The molecule has 2 saturated heterocycles. The van der Waals surface area contributed by atoms with Crippen LogP contribution in [0.1, 0.15) is 96.4 Å². The third kappa shape index (κ3) is 7.87. The summed E-state index contributed by atoms with van der Waals surface area (Å²) >= 11 is 6.24. The molecule has 14 heteroatoms. The van der Waals surface area contributed by atoms with Crippen LogP contribution in [0.3, 0.4) is 0 Å². The van der Waals surface area contributed by atoms with Crippen LogP contribution in [0.25, 0.3) is 0 Å². The molecule has 3 aromatic rings. The summed E-state index contributed by atoms with van der Waals surface area (Å²) < 4.78 is 6.37. The van der Waals surface area contributed by atoms with Gasteiger partial charge in [-0.1, -0.05) is 51.8 Å². The smallest absolute Gasteiger partial charge is 0.264 e. The van der Waals surface area contributed by atoms with Crippen LogP contribution >= 0.6 is 11.6 Å². The van der Waals surface area contributed by atoms with Crippen molar-refractivity contribution in [1.82, 2.24) is 20.4 Å². The van der Waals surface area contributed by atoms with Crippen LogP contribution in [0, 0.1) is 22.2 Å². The van der Waals surface area contributed by atoms with Crippen molar-refractivity contribution in [2.45, 2.75) is 78.0 Å². The fraction of sp³-hybridized carbons (Fsp3) is 0.455. The summed E-state index contributed by atoms with van der Waals surface area (Å²) in [5.74, 6) is -1.56. The van der Waals surface area contributed by atoms with E-state index in [0.717, 1.165) is 62.6 Å². The molecule has 1 unspecified atom stereocenters. The van der Waals surface area contributed by atoms with Crippen molar-refractivity contribution in [2.24, 2.45) is 10.8 Å². The molecule has 0 radical (unpaired) electrons. The van der Waals surface area contributed by atoms with Gasteiger partial charge in [-0.05, 0) is 74.3 Å². The maximum absolute atomic E-state index is 13.5. The normalized spacial score (nSPS) is 22.4. The Balaban J connectivity index is 0.821. The zero-order valence-electron chi connectivity index (χ0n) is 33.4. The summed E-state index contributed by atoms with van der Waals surface area (Å²) in [5.41, 5.74) is 2.52. The molecule has 1 saturated carbocycles. The second-order valence-corrected chi connectivity index (χ2v) is 17.2. The van der Waals surface area contributed by atoms with Gasteiger partial charge >= 0.3 is 0 Å². The number of carbonyl (C=O) groups is 5. The molecule has 1 atom stereocenters. The van der Waals surface area contributed by atoms with Crippen molar-refractivity contribution in [1.29, 1.82) is 5.26 Å². The molecule has 7 rings (SSSR count). The zero-order chi connectivity index (χ0) is 41.4. The molecule has 0 spiro atoms. The number of anilines is 2. The van der Waals surface area contributed by atoms with E-state index < -0.39 is 29.7 Å². The van der Waals surface area contributed by atoms with Crippen LogP contribution in [-0.4, -0.2) is 96.8 Å². The molecule has 3 aromatic carbocycles. The van der Waals surface area contributed by atoms with Crippen LogP contribution in [0.5, 0.6) is 5.75 Å². The van der Waals surface area contributed by atoms with Crippen molar-refractivity contribution >= 4 is 52.5 Å². The lowest BCUT2D eigenvalue weighted by Crippen LogP contribution is -2.74. The monoisotopic (exact) mass is 807 g/mol. The Morgan fingerprint density at radius 1 is 0.931 bits per heavy atom. The molecule has 3 N–H and O–H groups in total. The van der Waals surface area contributed by atoms with Crippen LogP contribution in [0.4, 0.5) is 11.4 Å². The molecule has 5 amide bonds. The first-order chi connectivity index (χ1) is 27.7. The lowest BCUT2D eigenvalue weighted by atomic mass is 9.49. The number of halogens is 1. The van der Waals surface area contributed by atoms with Gasteiger partial charge < -0.3 is 20.3 Å². The van der Waals surface area contributed by atoms with E-state index in [2.05, 4.69) is 59.5 Å². The van der Waals surface area contributed by atoms with E-state index in [9.17, 15) is 29.2 Å². The maximum Gasteiger partial charge on any atom is 0.264 e. The third-order valence-corrected chi connectivity index (χ3v) is 12.5. The number of carbonyl (C=O) groups excluding carboxylic acids is 5. The van der Waals surface area contributed by atoms with E-state index in [1.165, 1.54) is 0 Å². The standard InChI is InChI=1S/C44H50ClN7O6/c1-43(2)41(44(3,4)42(43)58-30-16-13-28(26-46)32(45)25-30)49-37(54)27-11-14-29(15-12-27)51-23-21-50(22-24-51)20-7-5-6-19-47-33-10-8-9-31-36(33)40(57)52(39(31)56)34-17-18-35(53)48-38(34)55/h8-16,25,34,41-42,47H,5-7,17-24H2,1-4H3,(H,49,54)(H,48,53,55). The number of nitriles is 1.